The van der Waals surface area contributed by atoms with E-state index in [1.807, 2.05) is 0 Å². The molecule has 0 radical (unpaired) electrons. The Kier molecular flexibility index (Phi) is 27.3. The minimum absolute atomic E-state index is 0.164. The van der Waals surface area contributed by atoms with Gasteiger partial charge in [-0.3, -0.25) is 4.52 Å². The van der Waals surface area contributed by atoms with Gasteiger partial charge in [0.1, 0.15) is 6.54 Å². The largest absolute Gasteiger partial charge is 0.469 e. The van der Waals surface area contributed by atoms with Crippen LogP contribution >= 0.6 is 7.82 Å². The fourth-order valence-electron chi connectivity index (χ4n) is 3.54. The SMILES string of the molecule is CCCCCCCC/C=C\CCCCCCCCCCCCOP(=O)(O)O.C[N+](C)(C)CCO. The summed E-state index contributed by atoms with van der Waals surface area (Å²) in [7, 11) is 1.89. The number of aliphatic hydroxyl groups excluding tert-OH is 1. The highest BCUT2D eigenvalue weighted by molar-refractivity contribution is 7.46. The Morgan fingerprint density at radius 2 is 1.06 bits per heavy atom. The number of phosphoric ester groups is 1. The van der Waals surface area contributed by atoms with Gasteiger partial charge in [-0.1, -0.05) is 103 Å². The first kappa shape index (κ1) is 35.9. The minimum Gasteiger partial charge on any atom is -0.391 e. The van der Waals surface area contributed by atoms with Crippen LogP contribution in [0.4, 0.5) is 0 Å². The van der Waals surface area contributed by atoms with Gasteiger partial charge in [-0.25, -0.2) is 4.57 Å². The molecule has 3 N–H and O–H groups in total. The molecule has 0 aromatic carbocycles. The molecule has 0 aliphatic rings. The van der Waals surface area contributed by atoms with E-state index in [0.717, 1.165) is 30.3 Å². The maximum absolute atomic E-state index is 10.5. The summed E-state index contributed by atoms with van der Waals surface area (Å²) >= 11 is 0. The van der Waals surface area contributed by atoms with Gasteiger partial charge in [0.15, 0.2) is 0 Å². The maximum atomic E-state index is 10.5. The van der Waals surface area contributed by atoms with E-state index in [4.69, 9.17) is 14.9 Å². The first-order valence-electron chi connectivity index (χ1n) is 13.9. The van der Waals surface area contributed by atoms with Gasteiger partial charge in [-0.15, -0.1) is 0 Å². The molecule has 0 fully saturated rings. The molecule has 34 heavy (non-hydrogen) atoms. The van der Waals surface area contributed by atoms with Gasteiger partial charge >= 0.3 is 7.82 Å². The molecule has 0 atom stereocenters. The maximum Gasteiger partial charge on any atom is 0.469 e. The predicted octanol–water partition coefficient (Wildman–Crippen LogP) is 7.38. The van der Waals surface area contributed by atoms with E-state index in [-0.39, 0.29) is 13.2 Å². The fourth-order valence-corrected chi connectivity index (χ4v) is 3.91. The number of hydrogen-bond acceptors (Lipinski definition) is 3. The molecule has 0 unspecified atom stereocenters. The van der Waals surface area contributed by atoms with Gasteiger partial charge in [0.25, 0.3) is 0 Å². The van der Waals surface area contributed by atoms with Crippen molar-refractivity contribution in [3.63, 3.8) is 0 Å². The molecule has 6 nitrogen and oxygen atoms in total. The zero-order valence-corrected chi connectivity index (χ0v) is 24.0. The predicted molar refractivity (Wildman–Crippen MR) is 146 cm³/mol. The lowest BCUT2D eigenvalue weighted by Crippen LogP contribution is -2.36. The van der Waals surface area contributed by atoms with Crippen LogP contribution in [-0.4, -0.2) is 60.3 Å². The Morgan fingerprint density at radius 1 is 0.676 bits per heavy atom. The smallest absolute Gasteiger partial charge is 0.391 e. The van der Waals surface area contributed by atoms with Crippen LogP contribution in [-0.2, 0) is 9.09 Å². The van der Waals surface area contributed by atoms with Crippen molar-refractivity contribution in [2.24, 2.45) is 0 Å². The summed E-state index contributed by atoms with van der Waals surface area (Å²) in [5.74, 6) is 0. The summed E-state index contributed by atoms with van der Waals surface area (Å²) in [5.41, 5.74) is 0. The van der Waals surface area contributed by atoms with Gasteiger partial charge in [-0.2, -0.15) is 0 Å². The van der Waals surface area contributed by atoms with Crippen molar-refractivity contribution in [3.8, 4) is 0 Å². The topological polar surface area (TPSA) is 87.0 Å². The van der Waals surface area contributed by atoms with Gasteiger partial charge in [0, 0.05) is 0 Å². The van der Waals surface area contributed by atoms with E-state index < -0.39 is 7.82 Å². The number of rotatable bonds is 23. The number of unbranched alkanes of at least 4 members (excludes halogenated alkanes) is 16. The summed E-state index contributed by atoms with van der Waals surface area (Å²) < 4.78 is 15.8. The second kappa shape index (κ2) is 25.9. The molecule has 206 valence electrons. The molecule has 0 saturated heterocycles. The van der Waals surface area contributed by atoms with E-state index in [2.05, 4.69) is 44.7 Å². The number of allylic oxidation sites excluding steroid dienone is 2. The lowest BCUT2D eigenvalue weighted by Gasteiger charge is -2.21. The second-order valence-corrected chi connectivity index (χ2v) is 11.7. The quantitative estimate of drug-likeness (QED) is 0.0580. The van der Waals surface area contributed by atoms with Crippen molar-refractivity contribution in [2.45, 2.75) is 122 Å². The van der Waals surface area contributed by atoms with E-state index in [9.17, 15) is 4.57 Å². The van der Waals surface area contributed by atoms with Crippen molar-refractivity contribution < 1.29 is 28.5 Å². The normalized spacial score (nSPS) is 12.2. The number of hydrogen-bond donors (Lipinski definition) is 3. The van der Waals surface area contributed by atoms with Crippen molar-refractivity contribution in [1.29, 1.82) is 0 Å². The van der Waals surface area contributed by atoms with Crippen LogP contribution in [0.25, 0.3) is 0 Å². The van der Waals surface area contributed by atoms with Gasteiger partial charge in [-0.05, 0) is 32.1 Å². The Bertz CT molecular complexity index is 474. The zero-order chi connectivity index (χ0) is 26.0. The van der Waals surface area contributed by atoms with Gasteiger partial charge in [0.2, 0.25) is 0 Å². The number of aliphatic hydroxyl groups is 1. The molecule has 0 aliphatic heterocycles. The molecule has 0 aromatic rings. The van der Waals surface area contributed by atoms with Crippen LogP contribution in [0.5, 0.6) is 0 Å². The molecular formula is C27H59NO5P+. The summed E-state index contributed by atoms with van der Waals surface area (Å²) in [6.45, 7) is 3.55. The minimum atomic E-state index is -4.26. The molecular weight excluding hydrogens is 449 g/mol. The van der Waals surface area contributed by atoms with Crippen molar-refractivity contribution in [2.75, 3.05) is 40.9 Å². The molecule has 0 aliphatic carbocycles. The lowest BCUT2D eigenvalue weighted by molar-refractivity contribution is -0.870. The third kappa shape index (κ3) is 39.0. The van der Waals surface area contributed by atoms with Crippen molar-refractivity contribution >= 4 is 7.82 Å². The Hall–Kier alpha value is -0.230. The number of quaternary nitrogens is 1. The van der Waals surface area contributed by atoms with Crippen LogP contribution in [0, 0.1) is 0 Å². The van der Waals surface area contributed by atoms with Crippen LogP contribution in [0.2, 0.25) is 0 Å². The molecule has 7 heteroatoms. The zero-order valence-electron chi connectivity index (χ0n) is 23.1. The molecule has 0 spiro atoms. The average molecular weight is 509 g/mol. The third-order valence-corrected chi connectivity index (χ3v) is 6.21. The van der Waals surface area contributed by atoms with Crippen molar-refractivity contribution in [1.82, 2.24) is 0 Å². The Labute approximate surface area is 212 Å². The van der Waals surface area contributed by atoms with Gasteiger partial charge in [0.05, 0.1) is 34.4 Å². The molecule has 0 aromatic heterocycles. The van der Waals surface area contributed by atoms with E-state index in [1.165, 1.54) is 96.3 Å². The highest BCUT2D eigenvalue weighted by Crippen LogP contribution is 2.35. The van der Waals surface area contributed by atoms with Crippen LogP contribution in [0.15, 0.2) is 12.2 Å². The standard InChI is InChI=1S/C22H45O4P.C5H14NO/c1-2-3-4-5-6-7-8-9-10-11-12-13-14-15-16-17-18-19-20-21-22-26-27(23,24)25;1-6(2,3)4-5-7/h9-10H,2-8,11-22H2,1H3,(H2,23,24,25);7H,4-5H2,1-3H3/q;+1/b10-9-;. The summed E-state index contributed by atoms with van der Waals surface area (Å²) in [5, 5.41) is 8.39. The molecule has 0 amide bonds. The van der Waals surface area contributed by atoms with Gasteiger partial charge < -0.3 is 19.4 Å². The first-order chi connectivity index (χ1) is 16.1. The van der Waals surface area contributed by atoms with Crippen LogP contribution < -0.4 is 0 Å². The molecule has 0 rings (SSSR count). The second-order valence-electron chi connectivity index (χ2n) is 10.4. The van der Waals surface area contributed by atoms with Crippen molar-refractivity contribution in [3.05, 3.63) is 12.2 Å². The van der Waals surface area contributed by atoms with E-state index >= 15 is 0 Å². The lowest BCUT2D eigenvalue weighted by atomic mass is 10.1. The summed E-state index contributed by atoms with van der Waals surface area (Å²) in [4.78, 5) is 17.1. The number of phosphoric acid groups is 1. The van der Waals surface area contributed by atoms with E-state index in [1.54, 1.807) is 0 Å². The fraction of sp³-hybridized carbons (Fsp3) is 0.926. The first-order valence-corrected chi connectivity index (χ1v) is 15.4. The monoisotopic (exact) mass is 508 g/mol. The Morgan fingerprint density at radius 3 is 1.38 bits per heavy atom. The summed E-state index contributed by atoms with van der Waals surface area (Å²) in [6.07, 6.45) is 27.6. The average Bonchev–Trinajstić information content (AvgIpc) is 2.73. The van der Waals surface area contributed by atoms with Crippen LogP contribution in [0.1, 0.15) is 122 Å². The highest BCUT2D eigenvalue weighted by atomic mass is 31.2. The third-order valence-electron chi connectivity index (χ3n) is 5.69. The molecule has 0 saturated carbocycles. The molecule has 0 bridgehead atoms. The molecule has 0 heterocycles. The summed E-state index contributed by atoms with van der Waals surface area (Å²) in [6, 6.07) is 0. The van der Waals surface area contributed by atoms with E-state index in [0.29, 0.717) is 0 Å². The Balaban J connectivity index is 0. The van der Waals surface area contributed by atoms with Crippen LogP contribution in [0.3, 0.4) is 0 Å². The highest BCUT2D eigenvalue weighted by Gasteiger charge is 2.12. The number of nitrogens with zero attached hydrogens (tertiary/aromatic N) is 1. The number of likely N-dealkylation sites (N-methyl/N-ethyl adjacent to an activating group) is 1.